The van der Waals surface area contributed by atoms with Crippen LogP contribution in [-0.2, 0) is 9.47 Å². The molecule has 0 bridgehead atoms. The minimum Gasteiger partial charge on any atom is -0.478 e. The minimum absolute atomic E-state index is 0.210. The van der Waals surface area contributed by atoms with Crippen LogP contribution < -0.4 is 9.47 Å². The molecule has 4 rings (SSSR count). The Morgan fingerprint density at radius 1 is 0.795 bits per heavy atom. The number of nitrogens with zero attached hydrogens (tertiary/aromatic N) is 4. The first kappa shape index (κ1) is 36.6. The third kappa shape index (κ3) is 13.8. The lowest BCUT2D eigenvalue weighted by molar-refractivity contribution is 0.0205. The van der Waals surface area contributed by atoms with Crippen LogP contribution in [0.3, 0.4) is 0 Å². The first-order valence-electron chi connectivity index (χ1n) is 14.7. The first-order valence-corrected chi connectivity index (χ1v) is 15.5. The molecule has 2 saturated heterocycles. The van der Waals surface area contributed by atoms with Crippen molar-refractivity contribution in [3.05, 3.63) is 63.9 Å². The molecule has 2 aliphatic rings. The number of hydrogen-bond acceptors (Lipinski definition) is 8. The zero-order valence-corrected chi connectivity index (χ0v) is 29.1. The quantitative estimate of drug-likeness (QED) is 0.300. The summed E-state index contributed by atoms with van der Waals surface area (Å²) >= 11 is 3.31. The van der Waals surface area contributed by atoms with Crippen LogP contribution in [0, 0.1) is 0 Å². The predicted molar refractivity (Wildman–Crippen MR) is 176 cm³/mol. The Balaban J connectivity index is 0.000000250. The highest BCUT2D eigenvalue weighted by molar-refractivity contribution is 9.10. The largest absolute Gasteiger partial charge is 0.478 e. The van der Waals surface area contributed by atoms with E-state index in [9.17, 15) is 9.59 Å². The number of aromatic nitrogens is 2. The van der Waals surface area contributed by atoms with Gasteiger partial charge >= 0.3 is 12.2 Å². The first-order chi connectivity index (χ1) is 20.6. The number of likely N-dealkylation sites (tertiary alicyclic amines) is 2. The van der Waals surface area contributed by atoms with Crippen LogP contribution in [0.15, 0.2) is 58.4 Å². The zero-order chi connectivity index (χ0) is 32.9. The Morgan fingerprint density at radius 2 is 1.25 bits per heavy atom. The van der Waals surface area contributed by atoms with Crippen molar-refractivity contribution in [2.75, 3.05) is 39.4 Å². The van der Waals surface area contributed by atoms with E-state index < -0.39 is 5.60 Å². The van der Waals surface area contributed by atoms with Crippen molar-refractivity contribution >= 4 is 34.2 Å². The Labute approximate surface area is 270 Å². The lowest BCUT2D eigenvalue weighted by Gasteiger charge is -2.35. The molecule has 0 saturated carbocycles. The lowest BCUT2D eigenvalue weighted by atomic mass is 10.1. The fraction of sp³-hybridized carbons (Fsp3) is 0.515. The van der Waals surface area contributed by atoms with Gasteiger partial charge in [-0.1, -0.05) is 28.1 Å². The molecule has 2 aliphatic heterocycles. The smallest absolute Gasteiger partial charge is 0.410 e. The van der Waals surface area contributed by atoms with E-state index in [1.807, 2.05) is 92.7 Å². The van der Waals surface area contributed by atoms with E-state index in [2.05, 4.69) is 32.0 Å². The van der Waals surface area contributed by atoms with Gasteiger partial charge in [0.15, 0.2) is 0 Å². The maximum Gasteiger partial charge on any atom is 0.410 e. The van der Waals surface area contributed by atoms with Gasteiger partial charge < -0.3 is 28.7 Å². The van der Waals surface area contributed by atoms with Gasteiger partial charge in [0.25, 0.3) is 0 Å². The molecular weight excluding hydrogens is 628 g/mol. The number of carbonyl (C=O) groups excluding carboxylic acids is 2. The zero-order valence-electron chi connectivity index (χ0n) is 27.5. The van der Waals surface area contributed by atoms with E-state index in [0.717, 1.165) is 23.1 Å². The Bertz CT molecular complexity index is 1280. The summed E-state index contributed by atoms with van der Waals surface area (Å²) < 4.78 is 22.0. The molecule has 2 amide bonds. The molecular formula is C33H47BrN4O6. The number of rotatable bonds is 5. The molecule has 0 spiro atoms. The summed E-state index contributed by atoms with van der Waals surface area (Å²) in [5.41, 5.74) is 2.68. The van der Waals surface area contributed by atoms with Gasteiger partial charge in [-0.2, -0.15) is 0 Å². The number of pyridine rings is 2. The minimum atomic E-state index is -0.450. The lowest BCUT2D eigenvalue weighted by Crippen LogP contribution is -2.46. The normalized spacial score (nSPS) is 14.0. The fourth-order valence-corrected chi connectivity index (χ4v) is 3.98. The van der Waals surface area contributed by atoms with Gasteiger partial charge in [-0.25, -0.2) is 19.6 Å². The highest BCUT2D eigenvalue weighted by Gasteiger charge is 2.30. The predicted octanol–water partition coefficient (Wildman–Crippen LogP) is 7.54. The average molecular weight is 676 g/mol. The van der Waals surface area contributed by atoms with E-state index in [0.29, 0.717) is 38.1 Å². The molecule has 4 heterocycles. The fourth-order valence-electron chi connectivity index (χ4n) is 3.66. The van der Waals surface area contributed by atoms with Crippen LogP contribution in [-0.4, -0.2) is 82.5 Å². The van der Waals surface area contributed by atoms with Gasteiger partial charge in [0, 0.05) is 55.2 Å². The molecule has 2 fully saturated rings. The summed E-state index contributed by atoms with van der Waals surface area (Å²) in [6, 6.07) is 7.52. The van der Waals surface area contributed by atoms with Crippen LogP contribution in [0.1, 0.15) is 67.9 Å². The third-order valence-electron chi connectivity index (χ3n) is 5.70. The summed E-state index contributed by atoms with van der Waals surface area (Å²) in [4.78, 5) is 34.7. The van der Waals surface area contributed by atoms with Crippen LogP contribution in [0.5, 0.6) is 11.8 Å². The molecule has 2 aromatic rings. The molecule has 2 aromatic heterocycles. The number of amides is 2. The molecule has 11 heteroatoms. The van der Waals surface area contributed by atoms with Crippen LogP contribution in [0.25, 0.3) is 6.08 Å². The Hall–Kier alpha value is -3.60. The van der Waals surface area contributed by atoms with E-state index in [1.54, 1.807) is 22.2 Å². The summed E-state index contributed by atoms with van der Waals surface area (Å²) in [7, 11) is 0. The monoisotopic (exact) mass is 674 g/mol. The SMILES string of the molecule is CC=C1CN(C(=O)OC(C)(C)C)C1.CCOc1cc(Br)ccn1.CCOc1cc(C=C2CN(C(=O)OC(C)(C)C)C2)ccn1. The summed E-state index contributed by atoms with van der Waals surface area (Å²) in [5, 5.41) is 0. The molecule has 0 aliphatic carbocycles. The maximum absolute atomic E-state index is 11.8. The standard InChI is InChI=1S/C16H22N2O3.C10H17NO2.C7H8BrNO/c1-5-20-14-9-12(6-7-17-14)8-13-10-18(11-13)15(19)21-16(2,3)4;1-5-8-6-11(7-8)9(12)13-10(2,3)4;1-2-10-7-5-6(8)3-4-9-7/h6-9H,5,10-11H2,1-4H3;5H,6-7H2,1-4H3;3-5H,2H2,1H3. The van der Waals surface area contributed by atoms with Gasteiger partial charge in [-0.15, -0.1) is 0 Å². The maximum atomic E-state index is 11.8. The van der Waals surface area contributed by atoms with Crippen molar-refractivity contribution < 1.29 is 28.5 Å². The van der Waals surface area contributed by atoms with Gasteiger partial charge in [0.1, 0.15) is 11.2 Å². The Kier molecular flexibility index (Phi) is 14.2. The second-order valence-corrected chi connectivity index (χ2v) is 12.9. The van der Waals surface area contributed by atoms with Crippen molar-refractivity contribution in [1.29, 1.82) is 0 Å². The molecule has 242 valence electrons. The van der Waals surface area contributed by atoms with E-state index in [-0.39, 0.29) is 17.8 Å². The van der Waals surface area contributed by atoms with Gasteiger partial charge in [-0.05, 0) is 91.2 Å². The van der Waals surface area contributed by atoms with Crippen LogP contribution >= 0.6 is 15.9 Å². The van der Waals surface area contributed by atoms with E-state index in [4.69, 9.17) is 18.9 Å². The van der Waals surface area contributed by atoms with E-state index >= 15 is 0 Å². The molecule has 0 N–H and O–H groups in total. The average Bonchev–Trinajstić information content (AvgIpc) is 2.85. The summed E-state index contributed by atoms with van der Waals surface area (Å²) in [6.45, 7) is 21.0. The second kappa shape index (κ2) is 17.0. The van der Waals surface area contributed by atoms with Gasteiger partial charge in [-0.3, -0.25) is 0 Å². The van der Waals surface area contributed by atoms with Gasteiger partial charge in [0.05, 0.1) is 13.2 Å². The van der Waals surface area contributed by atoms with Crippen molar-refractivity contribution in [1.82, 2.24) is 19.8 Å². The summed E-state index contributed by atoms with van der Waals surface area (Å²) in [5.74, 6) is 1.28. The Morgan fingerprint density at radius 3 is 1.68 bits per heavy atom. The molecule has 0 unspecified atom stereocenters. The van der Waals surface area contributed by atoms with Crippen molar-refractivity contribution in [2.24, 2.45) is 0 Å². The van der Waals surface area contributed by atoms with Crippen LogP contribution in [0.2, 0.25) is 0 Å². The number of carbonyl (C=O) groups is 2. The van der Waals surface area contributed by atoms with Crippen molar-refractivity contribution in [2.45, 2.75) is 73.5 Å². The summed E-state index contributed by atoms with van der Waals surface area (Å²) in [6.07, 6.45) is 7.06. The molecule has 0 atom stereocenters. The molecule has 10 nitrogen and oxygen atoms in total. The number of ether oxygens (including phenoxy) is 4. The highest BCUT2D eigenvalue weighted by atomic mass is 79.9. The van der Waals surface area contributed by atoms with Gasteiger partial charge in [0.2, 0.25) is 11.8 Å². The molecule has 0 radical (unpaired) electrons. The number of allylic oxidation sites excluding steroid dienone is 1. The third-order valence-corrected chi connectivity index (χ3v) is 6.19. The topological polar surface area (TPSA) is 103 Å². The van der Waals surface area contributed by atoms with Crippen molar-refractivity contribution in [3.63, 3.8) is 0 Å². The van der Waals surface area contributed by atoms with E-state index in [1.165, 1.54) is 11.1 Å². The molecule has 0 aromatic carbocycles. The van der Waals surface area contributed by atoms with Crippen molar-refractivity contribution in [3.8, 4) is 11.8 Å². The number of hydrogen-bond donors (Lipinski definition) is 0. The second-order valence-electron chi connectivity index (χ2n) is 12.0. The number of halogens is 1. The van der Waals surface area contributed by atoms with Crippen LogP contribution in [0.4, 0.5) is 9.59 Å². The highest BCUT2D eigenvalue weighted by Crippen LogP contribution is 2.22. The molecule has 44 heavy (non-hydrogen) atoms.